The van der Waals surface area contributed by atoms with Crippen molar-refractivity contribution >= 4 is 26.1 Å². The summed E-state index contributed by atoms with van der Waals surface area (Å²) in [6.07, 6.45) is 0.899. The van der Waals surface area contributed by atoms with E-state index in [0.717, 1.165) is 16.8 Å². The molecule has 0 amide bonds. The van der Waals surface area contributed by atoms with Crippen LogP contribution in [0.2, 0.25) is 0 Å². The smallest absolute Gasteiger partial charge is 0.324 e. The molecule has 0 spiro atoms. The van der Waals surface area contributed by atoms with Crippen LogP contribution in [-0.4, -0.2) is 64.9 Å². The van der Waals surface area contributed by atoms with Crippen LogP contribution in [0.15, 0.2) is 0 Å². The van der Waals surface area contributed by atoms with Gasteiger partial charge in [-0.25, -0.2) is 8.42 Å². The number of esters is 1. The molecule has 1 aliphatic rings. The van der Waals surface area contributed by atoms with E-state index >= 15 is 0 Å². The lowest BCUT2D eigenvalue weighted by Crippen LogP contribution is -2.40. The second-order valence-electron chi connectivity index (χ2n) is 4.26. The number of nitrogens with zero attached hydrogens (tertiary/aromatic N) is 1. The Kier molecular flexibility index (Phi) is 4.93. The van der Waals surface area contributed by atoms with Gasteiger partial charge in [-0.05, 0) is 6.92 Å². The van der Waals surface area contributed by atoms with E-state index in [4.69, 9.17) is 8.92 Å². The van der Waals surface area contributed by atoms with Gasteiger partial charge in [-0.1, -0.05) is 0 Å². The molecule has 2 atom stereocenters. The largest absolute Gasteiger partial charge is 0.465 e. The molecule has 1 aliphatic heterocycles. The van der Waals surface area contributed by atoms with Crippen molar-refractivity contribution in [3.05, 3.63) is 0 Å². The quantitative estimate of drug-likeness (QED) is 0.469. The minimum absolute atomic E-state index is 0.0427. The summed E-state index contributed by atoms with van der Waals surface area (Å²) in [6.45, 7) is 1.53. The number of sulfonamides is 1. The summed E-state index contributed by atoms with van der Waals surface area (Å²) in [5.41, 5.74) is 0. The molecule has 0 aromatic carbocycles. The third kappa shape index (κ3) is 4.71. The van der Waals surface area contributed by atoms with Crippen molar-refractivity contribution in [3.8, 4) is 0 Å². The summed E-state index contributed by atoms with van der Waals surface area (Å²) in [5.74, 6) is -0.701. The topological polar surface area (TPSA) is 107 Å². The Balaban J connectivity index is 2.92. The fourth-order valence-electron chi connectivity index (χ4n) is 1.90. The molecule has 0 radical (unpaired) electrons. The van der Waals surface area contributed by atoms with Gasteiger partial charge in [-0.15, -0.1) is 0 Å². The number of hydrogen-bond donors (Lipinski definition) is 0. The minimum atomic E-state index is -3.71. The Labute approximate surface area is 112 Å². The van der Waals surface area contributed by atoms with E-state index < -0.39 is 38.3 Å². The van der Waals surface area contributed by atoms with Crippen LogP contribution >= 0.6 is 0 Å². The lowest BCUT2D eigenvalue weighted by molar-refractivity contribution is -0.147. The van der Waals surface area contributed by atoms with Crippen LogP contribution in [0, 0.1) is 0 Å². The zero-order chi connectivity index (χ0) is 14.8. The van der Waals surface area contributed by atoms with Gasteiger partial charge in [0.25, 0.3) is 10.1 Å². The van der Waals surface area contributed by atoms with E-state index in [1.807, 2.05) is 0 Å². The highest BCUT2D eigenvalue weighted by atomic mass is 32.2. The summed E-state index contributed by atoms with van der Waals surface area (Å²) in [5, 5.41) is 0. The molecule has 19 heavy (non-hydrogen) atoms. The Morgan fingerprint density at radius 2 is 1.84 bits per heavy atom. The summed E-state index contributed by atoms with van der Waals surface area (Å²) in [4.78, 5) is 11.7. The average molecular weight is 315 g/mol. The van der Waals surface area contributed by atoms with Gasteiger partial charge in [-0.2, -0.15) is 12.7 Å². The first kappa shape index (κ1) is 16.3. The van der Waals surface area contributed by atoms with Crippen LogP contribution in [0.25, 0.3) is 0 Å². The lowest BCUT2D eigenvalue weighted by atomic mass is 10.2. The van der Waals surface area contributed by atoms with E-state index in [1.54, 1.807) is 6.92 Å². The number of rotatable bonds is 5. The zero-order valence-electron chi connectivity index (χ0n) is 10.9. The molecule has 0 aliphatic carbocycles. The highest BCUT2D eigenvalue weighted by Gasteiger charge is 2.44. The summed E-state index contributed by atoms with van der Waals surface area (Å²) < 4.78 is 55.7. The molecule has 10 heteroatoms. The van der Waals surface area contributed by atoms with Crippen LogP contribution in [0.1, 0.15) is 13.3 Å². The maximum Gasteiger partial charge on any atom is 0.324 e. The highest BCUT2D eigenvalue weighted by molar-refractivity contribution is 7.88. The number of ether oxygens (including phenoxy) is 1. The summed E-state index contributed by atoms with van der Waals surface area (Å²) in [6, 6.07) is -1.04. The van der Waals surface area contributed by atoms with Gasteiger partial charge in [0.15, 0.2) is 0 Å². The van der Waals surface area contributed by atoms with Crippen molar-refractivity contribution in [2.75, 3.05) is 25.7 Å². The molecular formula is C9H17NO7S2. The van der Waals surface area contributed by atoms with Crippen LogP contribution < -0.4 is 0 Å². The van der Waals surface area contributed by atoms with Gasteiger partial charge in [-0.3, -0.25) is 8.98 Å². The SMILES string of the molecule is CCOC(=O)[C@H]1C[C@@H](OS(C)(=O)=O)CN1S(C)(=O)=O. The van der Waals surface area contributed by atoms with E-state index in [0.29, 0.717) is 0 Å². The third-order valence-corrected chi connectivity index (χ3v) is 4.39. The van der Waals surface area contributed by atoms with Crippen molar-refractivity contribution in [1.82, 2.24) is 4.31 Å². The van der Waals surface area contributed by atoms with Gasteiger partial charge in [0.1, 0.15) is 6.04 Å². The van der Waals surface area contributed by atoms with Crippen molar-refractivity contribution < 1.29 is 30.6 Å². The normalized spacial score (nSPS) is 25.4. The molecule has 8 nitrogen and oxygen atoms in total. The fraction of sp³-hybridized carbons (Fsp3) is 0.889. The molecule has 1 heterocycles. The second-order valence-corrected chi connectivity index (χ2v) is 7.79. The Morgan fingerprint density at radius 1 is 1.26 bits per heavy atom. The van der Waals surface area contributed by atoms with Gasteiger partial charge in [0.2, 0.25) is 10.0 Å². The van der Waals surface area contributed by atoms with Crippen LogP contribution in [0.3, 0.4) is 0 Å². The molecule has 112 valence electrons. The van der Waals surface area contributed by atoms with Crippen LogP contribution in [-0.2, 0) is 33.9 Å². The van der Waals surface area contributed by atoms with Crippen molar-refractivity contribution in [3.63, 3.8) is 0 Å². The van der Waals surface area contributed by atoms with Crippen molar-refractivity contribution in [2.24, 2.45) is 0 Å². The zero-order valence-corrected chi connectivity index (χ0v) is 12.5. The molecule has 0 N–H and O–H groups in total. The van der Waals surface area contributed by atoms with E-state index in [-0.39, 0.29) is 19.6 Å². The van der Waals surface area contributed by atoms with Crippen molar-refractivity contribution in [1.29, 1.82) is 0 Å². The Hall–Kier alpha value is -0.710. The average Bonchev–Trinajstić information content (AvgIpc) is 2.58. The molecule has 1 fully saturated rings. The maximum atomic E-state index is 11.7. The summed E-state index contributed by atoms with van der Waals surface area (Å²) in [7, 11) is -7.36. The Bertz CT molecular complexity index is 539. The molecule has 1 rings (SSSR count). The highest BCUT2D eigenvalue weighted by Crippen LogP contribution is 2.25. The lowest BCUT2D eigenvalue weighted by Gasteiger charge is -2.19. The van der Waals surface area contributed by atoms with E-state index in [2.05, 4.69) is 0 Å². The minimum Gasteiger partial charge on any atom is -0.465 e. The number of carbonyl (C=O) groups is 1. The van der Waals surface area contributed by atoms with Gasteiger partial charge < -0.3 is 4.74 Å². The third-order valence-electron chi connectivity index (χ3n) is 2.51. The molecule has 0 aromatic heterocycles. The molecular weight excluding hydrogens is 298 g/mol. The molecule has 0 bridgehead atoms. The van der Waals surface area contributed by atoms with Crippen molar-refractivity contribution in [2.45, 2.75) is 25.5 Å². The maximum absolute atomic E-state index is 11.7. The number of hydrogen-bond acceptors (Lipinski definition) is 7. The summed E-state index contributed by atoms with van der Waals surface area (Å²) >= 11 is 0. The standard InChI is InChI=1S/C9H17NO7S2/c1-4-16-9(11)8-5-7(17-19(3,14)15)6-10(8)18(2,12)13/h7-8H,4-6H2,1-3H3/t7-,8-/m1/s1. The van der Waals surface area contributed by atoms with E-state index in [1.165, 1.54) is 0 Å². The molecule has 0 unspecified atom stereocenters. The fourth-order valence-corrected chi connectivity index (χ4v) is 3.61. The predicted octanol–water partition coefficient (Wildman–Crippen LogP) is -1.07. The first-order chi connectivity index (χ1) is 8.54. The first-order valence-corrected chi connectivity index (χ1v) is 9.22. The molecule has 0 aromatic rings. The van der Waals surface area contributed by atoms with Crippen LogP contribution in [0.5, 0.6) is 0 Å². The van der Waals surface area contributed by atoms with Gasteiger partial charge >= 0.3 is 5.97 Å². The Morgan fingerprint density at radius 3 is 2.26 bits per heavy atom. The van der Waals surface area contributed by atoms with Crippen LogP contribution in [0.4, 0.5) is 0 Å². The molecule has 1 saturated heterocycles. The monoisotopic (exact) mass is 315 g/mol. The molecule has 0 saturated carbocycles. The first-order valence-electron chi connectivity index (χ1n) is 5.56. The second kappa shape index (κ2) is 5.73. The van der Waals surface area contributed by atoms with Gasteiger partial charge in [0, 0.05) is 13.0 Å². The number of carbonyl (C=O) groups excluding carboxylic acids is 1. The van der Waals surface area contributed by atoms with Gasteiger partial charge in [0.05, 0.1) is 25.2 Å². The predicted molar refractivity (Wildman–Crippen MR) is 66.3 cm³/mol. The van der Waals surface area contributed by atoms with E-state index in [9.17, 15) is 21.6 Å².